The molecule has 2 aromatic carbocycles. The Kier molecular flexibility index (Phi) is 8.30. The smallest absolute Gasteiger partial charge is 0.317 e. The number of unbranched alkanes of at least 4 members (excludes halogenated alkanes) is 2. The summed E-state index contributed by atoms with van der Waals surface area (Å²) >= 11 is 0. The number of nitro benzene ring substituents is 2. The number of rotatable bonds is 11. The summed E-state index contributed by atoms with van der Waals surface area (Å²) in [6, 6.07) is 7.66. The van der Waals surface area contributed by atoms with Gasteiger partial charge in [0.1, 0.15) is 5.69 Å². The lowest BCUT2D eigenvalue weighted by Crippen LogP contribution is -2.05. The molecule has 0 atom stereocenters. The Bertz CT molecular complexity index is 976. The molecule has 1 N–H and O–H groups in total. The average molecular weight is 431 g/mol. The van der Waals surface area contributed by atoms with Gasteiger partial charge in [0.05, 0.1) is 29.6 Å². The van der Waals surface area contributed by atoms with Gasteiger partial charge in [-0.2, -0.15) is 0 Å². The van der Waals surface area contributed by atoms with Crippen LogP contribution < -0.4 is 10.1 Å². The Morgan fingerprint density at radius 3 is 2.29 bits per heavy atom. The van der Waals surface area contributed by atoms with E-state index in [0.29, 0.717) is 24.9 Å². The fourth-order valence-electron chi connectivity index (χ4n) is 2.87. The molecule has 0 aliphatic carbocycles. The third-order valence-corrected chi connectivity index (χ3v) is 4.77. The number of nitro groups is 2. The van der Waals surface area contributed by atoms with Crippen molar-refractivity contribution in [2.45, 2.75) is 39.5 Å². The summed E-state index contributed by atoms with van der Waals surface area (Å²) in [5.41, 5.74) is 1.88. The summed E-state index contributed by atoms with van der Waals surface area (Å²) < 4.78 is 10.1. The summed E-state index contributed by atoms with van der Waals surface area (Å²) in [4.78, 5) is 32.6. The van der Waals surface area contributed by atoms with Gasteiger partial charge in [-0.15, -0.1) is 0 Å². The third kappa shape index (κ3) is 6.66. The Labute approximate surface area is 179 Å². The molecule has 0 heterocycles. The summed E-state index contributed by atoms with van der Waals surface area (Å²) in [7, 11) is 1.32. The van der Waals surface area contributed by atoms with E-state index in [0.717, 1.165) is 17.2 Å². The minimum absolute atomic E-state index is 0.0603. The van der Waals surface area contributed by atoms with Gasteiger partial charge in [-0.25, -0.2) is 0 Å². The number of esters is 1. The lowest BCUT2D eigenvalue weighted by molar-refractivity contribution is -0.394. The highest BCUT2D eigenvalue weighted by molar-refractivity contribution is 5.75. The number of hydrogen-bond acceptors (Lipinski definition) is 8. The number of anilines is 2. The van der Waals surface area contributed by atoms with E-state index in [9.17, 15) is 25.0 Å². The second-order valence-corrected chi connectivity index (χ2v) is 7.01. The Hall–Kier alpha value is -3.69. The highest BCUT2D eigenvalue weighted by Crippen LogP contribution is 2.39. The molecule has 2 aromatic rings. The van der Waals surface area contributed by atoms with Gasteiger partial charge in [0.25, 0.3) is 5.69 Å². The SMILES string of the molecule is COC(=O)CCCCCOc1cc(Nc2ccc(C)c(C)c2)c([N+](=O)[O-])cc1[N+](=O)[O-]. The van der Waals surface area contributed by atoms with Crippen LogP contribution in [-0.4, -0.2) is 29.5 Å². The molecule has 0 aliphatic rings. The molecular weight excluding hydrogens is 406 g/mol. The molecule has 0 saturated heterocycles. The van der Waals surface area contributed by atoms with Gasteiger partial charge in [-0.3, -0.25) is 25.0 Å². The van der Waals surface area contributed by atoms with Crippen molar-refractivity contribution in [1.82, 2.24) is 0 Å². The fourth-order valence-corrected chi connectivity index (χ4v) is 2.87. The first-order chi connectivity index (χ1) is 14.7. The first-order valence-electron chi connectivity index (χ1n) is 9.73. The van der Waals surface area contributed by atoms with Crippen molar-refractivity contribution in [3.8, 4) is 5.75 Å². The molecule has 0 amide bonds. The summed E-state index contributed by atoms with van der Waals surface area (Å²) in [5.74, 6) is -0.358. The van der Waals surface area contributed by atoms with Crippen molar-refractivity contribution >= 4 is 28.7 Å². The Balaban J connectivity index is 2.20. The van der Waals surface area contributed by atoms with Crippen LogP contribution in [0.3, 0.4) is 0 Å². The zero-order chi connectivity index (χ0) is 23.0. The average Bonchev–Trinajstić information content (AvgIpc) is 2.72. The van der Waals surface area contributed by atoms with Gasteiger partial charge >= 0.3 is 11.7 Å². The summed E-state index contributed by atoms with van der Waals surface area (Å²) in [6.07, 6.45) is 2.13. The molecule has 0 spiro atoms. The maximum atomic E-state index is 11.5. The Morgan fingerprint density at radius 1 is 0.968 bits per heavy atom. The standard InChI is InChI=1S/C21H25N3O7/c1-14-8-9-16(11-15(14)2)22-17-12-20(19(24(28)29)13-18(17)23(26)27)31-10-6-4-5-7-21(25)30-3/h8-9,11-13,22H,4-7,10H2,1-3H3. The van der Waals surface area contributed by atoms with E-state index in [1.807, 2.05) is 26.0 Å². The van der Waals surface area contributed by atoms with Crippen molar-refractivity contribution in [3.05, 3.63) is 61.7 Å². The van der Waals surface area contributed by atoms with Gasteiger partial charge in [0.15, 0.2) is 5.75 Å². The van der Waals surface area contributed by atoms with Crippen LogP contribution in [-0.2, 0) is 9.53 Å². The van der Waals surface area contributed by atoms with E-state index in [1.54, 1.807) is 6.07 Å². The Morgan fingerprint density at radius 2 is 1.68 bits per heavy atom. The lowest BCUT2D eigenvalue weighted by Gasteiger charge is -2.12. The molecule has 0 saturated carbocycles. The van der Waals surface area contributed by atoms with Crippen molar-refractivity contribution in [2.75, 3.05) is 19.0 Å². The second-order valence-electron chi connectivity index (χ2n) is 7.01. The van der Waals surface area contributed by atoms with Crippen molar-refractivity contribution in [3.63, 3.8) is 0 Å². The predicted molar refractivity (Wildman–Crippen MR) is 115 cm³/mol. The highest BCUT2D eigenvalue weighted by atomic mass is 16.6. The van der Waals surface area contributed by atoms with Crippen molar-refractivity contribution in [2.24, 2.45) is 0 Å². The minimum atomic E-state index is -0.709. The number of carbonyl (C=O) groups is 1. The second kappa shape index (κ2) is 10.9. The number of nitrogens with one attached hydrogen (secondary N) is 1. The van der Waals surface area contributed by atoms with E-state index < -0.39 is 21.2 Å². The molecule has 10 heteroatoms. The number of methoxy groups -OCH3 is 1. The van der Waals surface area contributed by atoms with Crippen molar-refractivity contribution < 1.29 is 24.1 Å². The maximum absolute atomic E-state index is 11.5. The number of benzene rings is 2. The summed E-state index contributed by atoms with van der Waals surface area (Å²) in [6.45, 7) is 4.03. The van der Waals surface area contributed by atoms with E-state index in [2.05, 4.69) is 10.1 Å². The quantitative estimate of drug-likeness (QED) is 0.228. The molecule has 0 bridgehead atoms. The number of carbonyl (C=O) groups excluding carboxylic acids is 1. The van der Waals surface area contributed by atoms with Gasteiger partial charge in [-0.05, 0) is 56.4 Å². The normalized spacial score (nSPS) is 10.4. The first-order valence-corrected chi connectivity index (χ1v) is 9.73. The molecule has 31 heavy (non-hydrogen) atoms. The molecule has 10 nitrogen and oxygen atoms in total. The van der Waals surface area contributed by atoms with E-state index >= 15 is 0 Å². The minimum Gasteiger partial charge on any atom is -0.487 e. The van der Waals surface area contributed by atoms with E-state index in [1.165, 1.54) is 13.2 Å². The van der Waals surface area contributed by atoms with Crippen LogP contribution in [0.5, 0.6) is 5.75 Å². The zero-order valence-electron chi connectivity index (χ0n) is 17.7. The molecule has 0 fully saturated rings. The van der Waals surface area contributed by atoms with Crippen molar-refractivity contribution in [1.29, 1.82) is 0 Å². The largest absolute Gasteiger partial charge is 0.487 e. The highest BCUT2D eigenvalue weighted by Gasteiger charge is 2.26. The molecule has 166 valence electrons. The number of hydrogen-bond donors (Lipinski definition) is 1. The van der Waals surface area contributed by atoms with Crippen LogP contribution in [0.2, 0.25) is 0 Å². The zero-order valence-corrected chi connectivity index (χ0v) is 17.7. The summed E-state index contributed by atoms with van der Waals surface area (Å²) in [5, 5.41) is 25.9. The lowest BCUT2D eigenvalue weighted by atomic mass is 10.1. The molecular formula is C21H25N3O7. The first kappa shape index (κ1) is 23.6. The maximum Gasteiger partial charge on any atom is 0.317 e. The third-order valence-electron chi connectivity index (χ3n) is 4.77. The number of aryl methyl sites for hydroxylation is 2. The molecule has 0 radical (unpaired) electrons. The van der Waals surface area contributed by atoms with Gasteiger partial charge in [0.2, 0.25) is 0 Å². The number of ether oxygens (including phenoxy) is 2. The topological polar surface area (TPSA) is 134 Å². The van der Waals surface area contributed by atoms with Crippen LogP contribution in [0.15, 0.2) is 30.3 Å². The molecule has 0 aliphatic heterocycles. The monoisotopic (exact) mass is 431 g/mol. The van der Waals surface area contributed by atoms with Gasteiger partial charge in [0, 0.05) is 18.2 Å². The van der Waals surface area contributed by atoms with Crippen LogP contribution in [0.4, 0.5) is 22.7 Å². The van der Waals surface area contributed by atoms with E-state index in [4.69, 9.17) is 4.74 Å². The van der Waals surface area contributed by atoms with Gasteiger partial charge in [-0.1, -0.05) is 6.07 Å². The number of nitrogens with zero attached hydrogens (tertiary/aromatic N) is 2. The van der Waals surface area contributed by atoms with Crippen LogP contribution in [0.25, 0.3) is 0 Å². The van der Waals surface area contributed by atoms with Gasteiger partial charge < -0.3 is 14.8 Å². The van der Waals surface area contributed by atoms with E-state index in [-0.39, 0.29) is 30.4 Å². The molecule has 2 rings (SSSR count). The van der Waals surface area contributed by atoms with Crippen LogP contribution in [0, 0.1) is 34.1 Å². The fraction of sp³-hybridized carbons (Fsp3) is 0.381. The molecule has 0 aromatic heterocycles. The van der Waals surface area contributed by atoms with Crippen LogP contribution in [0.1, 0.15) is 36.8 Å². The molecule has 0 unspecified atom stereocenters. The predicted octanol–water partition coefficient (Wildman–Crippen LogP) is 4.98. The van der Waals surface area contributed by atoms with Crippen LogP contribution >= 0.6 is 0 Å².